The lowest BCUT2D eigenvalue weighted by Gasteiger charge is -2.31. The zero-order valence-corrected chi connectivity index (χ0v) is 10.2. The van der Waals surface area contributed by atoms with Gasteiger partial charge in [-0.3, -0.25) is 5.43 Å². The lowest BCUT2D eigenvalue weighted by molar-refractivity contribution is -0.196. The molecule has 0 amide bonds. The molecule has 1 aliphatic heterocycles. The van der Waals surface area contributed by atoms with E-state index in [2.05, 4.69) is 5.10 Å². The molecule has 0 spiro atoms. The number of hydrogen-bond acceptors (Lipinski definition) is 2. The molecule has 1 heterocycles. The summed E-state index contributed by atoms with van der Waals surface area (Å²) in [4.78, 5) is 0. The molecule has 0 aliphatic carbocycles. The molecule has 98 valence electrons. The van der Waals surface area contributed by atoms with Gasteiger partial charge in [-0.05, 0) is 17.7 Å². The molecule has 0 fully saturated rings. The molecular weight excluding hydrogens is 295 g/mol. The molecule has 1 unspecified atom stereocenters. The molecule has 0 radical (unpaired) electrons. The van der Waals surface area contributed by atoms with Gasteiger partial charge in [-0.1, -0.05) is 23.2 Å². The minimum Gasteiger partial charge on any atom is -0.290 e. The van der Waals surface area contributed by atoms with E-state index in [0.717, 1.165) is 18.3 Å². The van der Waals surface area contributed by atoms with E-state index >= 15 is 0 Å². The van der Waals surface area contributed by atoms with Gasteiger partial charge in [0.2, 0.25) is 0 Å². The van der Waals surface area contributed by atoms with Crippen molar-refractivity contribution in [3.05, 3.63) is 33.6 Å². The third-order valence-corrected chi connectivity index (χ3v) is 3.25. The van der Waals surface area contributed by atoms with Gasteiger partial charge in [0.05, 0.1) is 10.0 Å². The van der Waals surface area contributed by atoms with E-state index in [9.17, 15) is 17.6 Å². The van der Waals surface area contributed by atoms with Gasteiger partial charge in [-0.2, -0.15) is 18.3 Å². The van der Waals surface area contributed by atoms with Crippen molar-refractivity contribution >= 4 is 29.4 Å². The third-order valence-electron chi connectivity index (χ3n) is 2.70. The van der Waals surface area contributed by atoms with E-state index in [0.29, 0.717) is 0 Å². The molecular formula is C10H6Cl2F4N2. The monoisotopic (exact) mass is 300 g/mol. The predicted molar refractivity (Wildman–Crippen MR) is 60.4 cm³/mol. The maximum atomic E-state index is 13.2. The van der Waals surface area contributed by atoms with E-state index in [-0.39, 0.29) is 5.56 Å². The van der Waals surface area contributed by atoms with Gasteiger partial charge in [-0.25, -0.2) is 4.39 Å². The van der Waals surface area contributed by atoms with Gasteiger partial charge in [0.1, 0.15) is 0 Å². The zero-order chi connectivity index (χ0) is 13.6. The Morgan fingerprint density at radius 1 is 1.22 bits per heavy atom. The largest absolute Gasteiger partial charge is 0.417 e. The topological polar surface area (TPSA) is 24.4 Å². The Hall–Kier alpha value is -1.01. The van der Waals surface area contributed by atoms with E-state index in [4.69, 9.17) is 23.2 Å². The molecule has 1 aliphatic rings. The Bertz CT molecular complexity index is 482. The molecule has 1 atom stereocenters. The van der Waals surface area contributed by atoms with Crippen LogP contribution in [0.25, 0.3) is 0 Å². The quantitative estimate of drug-likeness (QED) is 0.618. The molecule has 18 heavy (non-hydrogen) atoms. The fraction of sp³-hybridized carbons (Fsp3) is 0.300. The molecule has 1 aromatic rings. The van der Waals surface area contributed by atoms with Gasteiger partial charge in [-0.15, -0.1) is 0 Å². The summed E-state index contributed by atoms with van der Waals surface area (Å²) in [6, 6.07) is 1.80. The SMILES string of the molecule is Fc1c(Cl)cc(C2(C(F)(F)F)CC=NN2)cc1Cl. The Labute approximate surface area is 110 Å². The number of halogens is 6. The number of nitrogens with one attached hydrogen (secondary N) is 1. The maximum absolute atomic E-state index is 13.2. The summed E-state index contributed by atoms with van der Waals surface area (Å²) in [7, 11) is 0. The molecule has 0 saturated heterocycles. The minimum atomic E-state index is -4.62. The highest BCUT2D eigenvalue weighted by Crippen LogP contribution is 2.44. The van der Waals surface area contributed by atoms with Crippen LogP contribution in [0, 0.1) is 5.82 Å². The molecule has 0 bridgehead atoms. The van der Waals surface area contributed by atoms with Gasteiger partial charge in [0.15, 0.2) is 11.4 Å². The lowest BCUT2D eigenvalue weighted by atomic mass is 9.87. The van der Waals surface area contributed by atoms with Crippen LogP contribution < -0.4 is 5.43 Å². The van der Waals surface area contributed by atoms with Crippen LogP contribution in [-0.4, -0.2) is 12.4 Å². The van der Waals surface area contributed by atoms with Crippen molar-refractivity contribution < 1.29 is 17.6 Å². The molecule has 2 rings (SSSR count). The van der Waals surface area contributed by atoms with Crippen molar-refractivity contribution in [3.63, 3.8) is 0 Å². The number of hydrazone groups is 1. The highest BCUT2D eigenvalue weighted by Gasteiger charge is 2.57. The Morgan fingerprint density at radius 3 is 2.17 bits per heavy atom. The Kier molecular flexibility index (Phi) is 3.19. The van der Waals surface area contributed by atoms with E-state index in [1.165, 1.54) is 0 Å². The first kappa shape index (κ1) is 13.4. The number of alkyl halides is 3. The number of benzene rings is 1. The second kappa shape index (κ2) is 4.28. The second-order valence-corrected chi connectivity index (χ2v) is 4.60. The summed E-state index contributed by atoms with van der Waals surface area (Å²) in [6.07, 6.45) is -3.93. The lowest BCUT2D eigenvalue weighted by Crippen LogP contribution is -2.49. The molecule has 1 N–H and O–H groups in total. The van der Waals surface area contributed by atoms with Crippen LogP contribution >= 0.6 is 23.2 Å². The summed E-state index contributed by atoms with van der Waals surface area (Å²) in [5, 5.41) is 2.46. The summed E-state index contributed by atoms with van der Waals surface area (Å²) in [6.45, 7) is 0. The highest BCUT2D eigenvalue weighted by atomic mass is 35.5. The van der Waals surface area contributed by atoms with Gasteiger partial charge in [0.25, 0.3) is 0 Å². The normalized spacial score (nSPS) is 23.2. The van der Waals surface area contributed by atoms with Crippen LogP contribution in [0.15, 0.2) is 17.2 Å². The van der Waals surface area contributed by atoms with Crippen molar-refractivity contribution in [3.8, 4) is 0 Å². The number of rotatable bonds is 1. The predicted octanol–water partition coefficient (Wildman–Crippen LogP) is 3.87. The average Bonchev–Trinajstić information content (AvgIpc) is 2.74. The average molecular weight is 301 g/mol. The molecule has 2 nitrogen and oxygen atoms in total. The molecule has 8 heteroatoms. The van der Waals surface area contributed by atoms with Crippen LogP contribution in [0.4, 0.5) is 17.6 Å². The fourth-order valence-corrected chi connectivity index (χ4v) is 2.20. The zero-order valence-electron chi connectivity index (χ0n) is 8.65. The van der Waals surface area contributed by atoms with Crippen LogP contribution in [0.3, 0.4) is 0 Å². The van der Waals surface area contributed by atoms with Crippen LogP contribution in [0.2, 0.25) is 10.0 Å². The van der Waals surface area contributed by atoms with E-state index in [1.54, 1.807) is 0 Å². The fourth-order valence-electron chi connectivity index (χ4n) is 1.71. The van der Waals surface area contributed by atoms with Crippen LogP contribution in [0.1, 0.15) is 12.0 Å². The van der Waals surface area contributed by atoms with Crippen molar-refractivity contribution in [2.45, 2.75) is 18.1 Å². The van der Waals surface area contributed by atoms with Gasteiger partial charge in [0, 0.05) is 12.6 Å². The number of nitrogens with zero attached hydrogens (tertiary/aromatic N) is 1. The molecule has 0 saturated carbocycles. The summed E-state index contributed by atoms with van der Waals surface area (Å²) < 4.78 is 52.7. The standard InChI is InChI=1S/C10H6Cl2F4N2/c11-6-3-5(4-7(12)8(6)13)9(10(14,15)16)1-2-17-18-9/h2-4,18H,1H2. The second-order valence-electron chi connectivity index (χ2n) is 3.78. The summed E-state index contributed by atoms with van der Waals surface area (Å²) in [5.41, 5.74) is -0.678. The minimum absolute atomic E-state index is 0.274. The van der Waals surface area contributed by atoms with E-state index < -0.39 is 34.0 Å². The summed E-state index contributed by atoms with van der Waals surface area (Å²) >= 11 is 11.0. The number of hydrogen-bond donors (Lipinski definition) is 1. The first-order valence-electron chi connectivity index (χ1n) is 4.78. The van der Waals surface area contributed by atoms with Gasteiger partial charge < -0.3 is 0 Å². The van der Waals surface area contributed by atoms with Crippen LogP contribution in [0.5, 0.6) is 0 Å². The van der Waals surface area contributed by atoms with Gasteiger partial charge >= 0.3 is 6.18 Å². The van der Waals surface area contributed by atoms with Crippen molar-refractivity contribution in [2.75, 3.05) is 0 Å². The maximum Gasteiger partial charge on any atom is 0.417 e. The Balaban J connectivity index is 2.58. The summed E-state index contributed by atoms with van der Waals surface area (Å²) in [5.74, 6) is -0.946. The molecule has 1 aromatic carbocycles. The van der Waals surface area contributed by atoms with Crippen LogP contribution in [-0.2, 0) is 5.54 Å². The smallest absolute Gasteiger partial charge is 0.290 e. The first-order valence-corrected chi connectivity index (χ1v) is 5.54. The van der Waals surface area contributed by atoms with E-state index in [1.807, 2.05) is 5.43 Å². The van der Waals surface area contributed by atoms with Crippen molar-refractivity contribution in [2.24, 2.45) is 5.10 Å². The first-order chi connectivity index (χ1) is 8.28. The highest BCUT2D eigenvalue weighted by molar-refractivity contribution is 6.35. The van der Waals surface area contributed by atoms with Crippen molar-refractivity contribution in [1.29, 1.82) is 0 Å². The third kappa shape index (κ3) is 1.93. The molecule has 0 aromatic heterocycles. The van der Waals surface area contributed by atoms with Crippen molar-refractivity contribution in [1.82, 2.24) is 5.43 Å². The Morgan fingerprint density at radius 2 is 1.78 bits per heavy atom.